The summed E-state index contributed by atoms with van der Waals surface area (Å²) in [5.74, 6) is 4.49. The van der Waals surface area contributed by atoms with Gasteiger partial charge in [0.05, 0.1) is 85.2 Å². The van der Waals surface area contributed by atoms with E-state index < -0.39 is 16.6 Å². The number of nitrogens with zero attached hydrogens (tertiary/aromatic N) is 13. The number of ketones is 2. The lowest BCUT2D eigenvalue weighted by molar-refractivity contribution is -0.121. The molecule has 9 aromatic rings. The zero-order valence-electron chi connectivity index (χ0n) is 57.5. The number of rotatable bonds is 16. The molecular weight excluding hydrogens is 1500 g/mol. The highest BCUT2D eigenvalue weighted by Crippen LogP contribution is 2.43. The molecule has 99 heavy (non-hydrogen) atoms. The Morgan fingerprint density at radius 3 is 1.02 bits per heavy atom. The number of nitrogens with one attached hydrogen (secondary N) is 1. The maximum absolute atomic E-state index is 11.1. The zero-order chi connectivity index (χ0) is 70.6. The number of aromatic nitrogens is 10. The number of nitrogens with two attached hydrogens (primary N) is 1. The van der Waals surface area contributed by atoms with E-state index in [1.165, 1.54) is 0 Å². The van der Waals surface area contributed by atoms with Crippen LogP contribution in [0.5, 0.6) is 0 Å². The number of hydrogen-bond acceptors (Lipinski definition) is 23. The van der Waals surface area contributed by atoms with E-state index in [2.05, 4.69) is 235 Å². The number of hydrogen-bond donors (Lipinski definition) is 4. The Hall–Kier alpha value is -7.04. The number of Topliss-reactive ketones (excluding diaryl/α,β-unsaturated/α-hetero) is 2. The highest BCUT2D eigenvalue weighted by atomic mass is 79.9. The molecule has 13 rings (SSSR count). The predicted molar refractivity (Wildman–Crippen MR) is 396 cm³/mol. The molecule has 532 valence electrons. The Balaban J connectivity index is 0.000000182. The molecule has 23 nitrogen and oxygen atoms in total. The lowest BCUT2D eigenvalue weighted by Gasteiger charge is -2.42. The second kappa shape index (κ2) is 32.3. The van der Waals surface area contributed by atoms with Gasteiger partial charge in [0.25, 0.3) is 0 Å². The molecule has 0 spiro atoms. The van der Waals surface area contributed by atoms with Crippen LogP contribution in [0.4, 0.5) is 24.0 Å². The first-order valence-corrected chi connectivity index (χ1v) is 34.8. The van der Waals surface area contributed by atoms with Gasteiger partial charge in [0.1, 0.15) is 0 Å². The minimum atomic E-state index is -0.697. The Labute approximate surface area is 615 Å². The molecule has 0 radical (unpaired) electrons. The van der Waals surface area contributed by atoms with Gasteiger partial charge >= 0.3 is 23.4 Å². The third kappa shape index (κ3) is 17.8. The van der Waals surface area contributed by atoms with Gasteiger partial charge < -0.3 is 54.1 Å². The highest BCUT2D eigenvalue weighted by Gasteiger charge is 2.45. The van der Waals surface area contributed by atoms with E-state index in [9.17, 15) is 19.8 Å². The molecule has 4 atom stereocenters. The van der Waals surface area contributed by atoms with Crippen molar-refractivity contribution >= 4 is 107 Å². The van der Waals surface area contributed by atoms with Gasteiger partial charge in [0, 0.05) is 31.4 Å². The van der Waals surface area contributed by atoms with E-state index in [0.29, 0.717) is 111 Å². The van der Waals surface area contributed by atoms with Crippen LogP contribution in [0.1, 0.15) is 150 Å². The molecule has 28 heteroatoms. The van der Waals surface area contributed by atoms with E-state index in [1.54, 1.807) is 31.1 Å². The molecule has 4 saturated heterocycles. The Morgan fingerprint density at radius 2 is 0.768 bits per heavy atom. The van der Waals surface area contributed by atoms with Gasteiger partial charge in [0.2, 0.25) is 5.95 Å². The van der Waals surface area contributed by atoms with Crippen LogP contribution >= 0.6 is 71.8 Å². The van der Waals surface area contributed by atoms with Crippen LogP contribution in [0.3, 0.4) is 0 Å². The lowest BCUT2D eigenvalue weighted by Crippen LogP contribution is -2.60. The van der Waals surface area contributed by atoms with Crippen LogP contribution in [-0.2, 0) is 31.2 Å². The maximum atomic E-state index is 11.1. The SMILES string of the molecule is C.CC(C)C(C)(c1ccc(-c2cnc(N)nc2)cc1)c1noc(N2CC(C)(O)C2)n1.CC(C)C(C)(c1ccc(Br)cc1)c1noc(Cl)n1.CC(C)C(C)(c1ccc(Br)cc1)c1noc(N2CC(=O)C2)n1.CC(C)C(C)(c1ccc(Br)cc1)c1noc(N2CC(C)(O)C2)n1.Cl.O=C1CNC1. The summed E-state index contributed by atoms with van der Waals surface area (Å²) in [7, 11) is 0. The first kappa shape index (κ1) is 79.3. The molecule has 4 aromatic carbocycles. The van der Waals surface area contributed by atoms with Crippen molar-refractivity contribution in [3.63, 3.8) is 0 Å². The number of anilines is 4. The predicted octanol–water partition coefficient (Wildman–Crippen LogP) is 13.9. The molecule has 0 amide bonds. The van der Waals surface area contributed by atoms with Gasteiger partial charge in [0.15, 0.2) is 34.9 Å². The van der Waals surface area contributed by atoms with E-state index in [1.807, 2.05) is 58.3 Å². The van der Waals surface area contributed by atoms with E-state index in [0.717, 1.165) is 46.8 Å². The topological polar surface area (TPSA) is 304 Å². The molecular formula is C71H90Br3Cl2N15O8. The number of nitrogen functional groups attached to an aromatic ring is 1. The summed E-state index contributed by atoms with van der Waals surface area (Å²) >= 11 is 16.1. The van der Waals surface area contributed by atoms with Crippen molar-refractivity contribution in [3.8, 4) is 11.1 Å². The van der Waals surface area contributed by atoms with Crippen molar-refractivity contribution in [2.24, 2.45) is 23.7 Å². The first-order valence-electron chi connectivity index (χ1n) is 32.1. The van der Waals surface area contributed by atoms with Crippen LogP contribution in [0.25, 0.3) is 11.1 Å². The van der Waals surface area contributed by atoms with Crippen LogP contribution in [0.2, 0.25) is 5.35 Å². The maximum Gasteiger partial charge on any atom is 0.324 e. The van der Waals surface area contributed by atoms with Gasteiger partial charge in [-0.15, -0.1) is 12.4 Å². The average Bonchev–Trinajstić information content (AvgIpc) is 1.66. The average molecular weight is 1590 g/mol. The normalized spacial score (nSPS) is 17.4. The van der Waals surface area contributed by atoms with Crippen molar-refractivity contribution in [3.05, 3.63) is 174 Å². The lowest BCUT2D eigenvalue weighted by atomic mass is 9.72. The van der Waals surface area contributed by atoms with Gasteiger partial charge in [-0.05, 0) is 141 Å². The summed E-state index contributed by atoms with van der Waals surface area (Å²) in [4.78, 5) is 52.6. The number of β-amino-alcohol motifs (C(OH)–C–C–N with tert-alkyl or cyclic N) is 2. The molecule has 4 aliphatic heterocycles. The fourth-order valence-electron chi connectivity index (χ4n) is 11.4. The third-order valence-corrected chi connectivity index (χ3v) is 21.0. The Kier molecular flexibility index (Phi) is 25.9. The number of carbonyl (C=O) groups excluding carboxylic acids is 2. The van der Waals surface area contributed by atoms with E-state index in [-0.39, 0.29) is 65.0 Å². The fraction of sp³-hybridized carbons (Fsp3) is 0.465. The largest absolute Gasteiger partial charge is 0.386 e. The molecule has 0 bridgehead atoms. The second-order valence-corrected chi connectivity index (χ2v) is 30.7. The van der Waals surface area contributed by atoms with Crippen LogP contribution in [0, 0.1) is 23.7 Å². The first-order chi connectivity index (χ1) is 45.7. The van der Waals surface area contributed by atoms with Gasteiger partial charge in [-0.25, -0.2) is 9.97 Å². The fourth-order valence-corrected chi connectivity index (χ4v) is 12.3. The monoisotopic (exact) mass is 1590 g/mol. The summed E-state index contributed by atoms with van der Waals surface area (Å²) in [6.45, 7) is 33.2. The Bertz CT molecular complexity index is 4090. The molecule has 4 aliphatic rings. The standard InChI is InChI=1S/C21H26N6O2.C17H22BrN3O2.C16H18BrN3O2.C13H14BrClN2O.C3H5NO.CH4.ClH/c1-13(2)21(4,17-25-19(29-26-17)27-11-20(3,28)12-27)16-7-5-14(6-8-16)15-9-23-18(22)24-10-15;1-11(2)17(4,12-5-7-13(18)8-6-12)14-19-15(23-20-14)21-9-16(3,22)10-21;1-10(2)16(3,11-4-6-12(17)7-5-11)14-18-15(22-19-14)20-8-13(21)9-20;1-8(2)13(3,11-16-12(15)18-17-11)9-4-6-10(14)7-5-9;5-3-1-4-2-3;;/h5-10,13,28H,11-12H2,1-4H3,(H2,22,23,24);5-8,11,22H,9-10H2,1-4H3;4-7,10H,8-9H2,1-3H3;4-8H,1-3H3;4H,1-2H2;1H4;1H. The summed E-state index contributed by atoms with van der Waals surface area (Å²) < 4.78 is 24.3. The van der Waals surface area contributed by atoms with Gasteiger partial charge in [-0.1, -0.05) is 192 Å². The van der Waals surface area contributed by atoms with Crippen molar-refractivity contribution < 1.29 is 37.9 Å². The Morgan fingerprint density at radius 1 is 0.485 bits per heavy atom. The molecule has 4 unspecified atom stereocenters. The summed E-state index contributed by atoms with van der Waals surface area (Å²) in [5, 5.41) is 39.4. The molecule has 5 N–H and O–H groups in total. The van der Waals surface area contributed by atoms with Crippen LogP contribution in [0.15, 0.2) is 141 Å². The van der Waals surface area contributed by atoms with Crippen molar-refractivity contribution in [2.45, 2.75) is 137 Å². The molecule has 9 heterocycles. The van der Waals surface area contributed by atoms with Gasteiger partial charge in [-0.3, -0.25) is 9.59 Å². The zero-order valence-corrected chi connectivity index (χ0v) is 63.8. The number of carbonyl (C=O) groups is 2. The van der Waals surface area contributed by atoms with Gasteiger partial charge in [-0.2, -0.15) is 19.9 Å². The summed E-state index contributed by atoms with van der Waals surface area (Å²) in [6, 6.07) is 34.2. The smallest absolute Gasteiger partial charge is 0.324 e. The van der Waals surface area contributed by atoms with Crippen molar-refractivity contribution in [1.82, 2.24) is 55.8 Å². The van der Waals surface area contributed by atoms with Crippen molar-refractivity contribution in [1.29, 1.82) is 0 Å². The minimum absolute atomic E-state index is 0. The minimum Gasteiger partial charge on any atom is -0.386 e. The van der Waals surface area contributed by atoms with E-state index in [4.69, 9.17) is 35.4 Å². The third-order valence-electron chi connectivity index (χ3n) is 19.3. The summed E-state index contributed by atoms with van der Waals surface area (Å²) in [6.07, 6.45) is 3.43. The quantitative estimate of drug-likeness (QED) is 0.0698. The number of benzene rings is 4. The van der Waals surface area contributed by atoms with Crippen molar-refractivity contribution in [2.75, 3.05) is 72.8 Å². The summed E-state index contributed by atoms with van der Waals surface area (Å²) in [5.41, 5.74) is 9.21. The number of halogens is 5. The molecule has 0 saturated carbocycles. The molecule has 0 aliphatic carbocycles. The second-order valence-electron chi connectivity index (χ2n) is 27.7. The highest BCUT2D eigenvalue weighted by molar-refractivity contribution is 9.11. The van der Waals surface area contributed by atoms with Crippen LogP contribution in [-0.4, -0.2) is 136 Å². The number of aliphatic hydroxyl groups is 2. The molecule has 4 fully saturated rings. The van der Waals surface area contributed by atoms with E-state index >= 15 is 0 Å². The van der Waals surface area contributed by atoms with Crippen LogP contribution < -0.4 is 25.8 Å². The molecule has 5 aromatic heterocycles.